The average molecular weight is 291 g/mol. The Kier molecular flexibility index (Phi) is 4.35. The van der Waals surface area contributed by atoms with Crippen LogP contribution in [-0.2, 0) is 9.59 Å². The number of amides is 2. The maximum Gasteiger partial charge on any atom is 0.260 e. The highest BCUT2D eigenvalue weighted by molar-refractivity contribution is 6.22. The van der Waals surface area contributed by atoms with Crippen LogP contribution in [0.25, 0.3) is 0 Å². The molecule has 1 aromatic rings. The Bertz CT molecular complexity index is 591. The van der Waals surface area contributed by atoms with E-state index in [-0.39, 0.29) is 18.4 Å². The second-order valence-corrected chi connectivity index (χ2v) is 4.52. The molecule has 7 heteroatoms. The zero-order chi connectivity index (χ0) is 14.5. The summed E-state index contributed by atoms with van der Waals surface area (Å²) in [5.41, 5.74) is 3.20. The lowest BCUT2D eigenvalue weighted by molar-refractivity contribution is -0.134. The van der Waals surface area contributed by atoms with Crippen molar-refractivity contribution in [2.24, 2.45) is 0 Å². The van der Waals surface area contributed by atoms with Gasteiger partial charge in [-0.1, -0.05) is 11.6 Å². The molecule has 0 fully saturated rings. The summed E-state index contributed by atoms with van der Waals surface area (Å²) in [5, 5.41) is 12.4. The number of anilines is 1. The van der Waals surface area contributed by atoms with Crippen molar-refractivity contribution in [1.29, 1.82) is 5.26 Å². The summed E-state index contributed by atoms with van der Waals surface area (Å²) in [6, 6.07) is 8.41. The Hall–Kier alpha value is -2.36. The lowest BCUT2D eigenvalue weighted by atomic mass is 10.2. The Labute approximate surface area is 120 Å². The van der Waals surface area contributed by atoms with Gasteiger partial charge in [0.25, 0.3) is 5.91 Å². The normalized spacial score (nSPS) is 17.7. The highest BCUT2D eigenvalue weighted by Gasteiger charge is 2.21. The van der Waals surface area contributed by atoms with Gasteiger partial charge in [-0.15, -0.1) is 0 Å². The highest BCUT2D eigenvalue weighted by Crippen LogP contribution is 2.09. The molecular weight excluding hydrogens is 280 g/mol. The van der Waals surface area contributed by atoms with E-state index >= 15 is 0 Å². The first-order chi connectivity index (χ1) is 9.58. The fourth-order valence-electron chi connectivity index (χ4n) is 1.61. The van der Waals surface area contributed by atoms with Crippen molar-refractivity contribution >= 4 is 29.1 Å². The molecule has 1 aliphatic heterocycles. The summed E-state index contributed by atoms with van der Waals surface area (Å²) in [6.45, 7) is -0.160. The molecule has 0 aromatic heterocycles. The lowest BCUT2D eigenvalue weighted by Gasteiger charge is -2.26. The first kappa shape index (κ1) is 14.1. The summed E-state index contributed by atoms with van der Waals surface area (Å²) < 4.78 is 0. The van der Waals surface area contributed by atoms with Crippen molar-refractivity contribution in [3.63, 3.8) is 0 Å². The molecule has 2 amide bonds. The SMILES string of the molecule is N#Cc1ccc(NC(=O)CN2NC(Cl)C=CC2=O)cc1. The van der Waals surface area contributed by atoms with Crippen molar-refractivity contribution in [3.8, 4) is 6.07 Å². The van der Waals surface area contributed by atoms with E-state index in [9.17, 15) is 9.59 Å². The molecule has 0 bridgehead atoms. The van der Waals surface area contributed by atoms with Crippen LogP contribution in [0, 0.1) is 11.3 Å². The first-order valence-corrected chi connectivity index (χ1v) is 6.22. The van der Waals surface area contributed by atoms with Gasteiger partial charge < -0.3 is 5.32 Å². The van der Waals surface area contributed by atoms with Gasteiger partial charge in [0.2, 0.25) is 5.91 Å². The minimum atomic E-state index is -0.518. The molecule has 102 valence electrons. The quantitative estimate of drug-likeness (QED) is 0.641. The third kappa shape index (κ3) is 3.57. The van der Waals surface area contributed by atoms with Crippen molar-refractivity contribution in [2.75, 3.05) is 11.9 Å². The molecule has 20 heavy (non-hydrogen) atoms. The van der Waals surface area contributed by atoms with Crippen LogP contribution in [0.5, 0.6) is 0 Å². The Balaban J connectivity index is 1.93. The number of carbonyl (C=O) groups excluding carboxylic acids is 2. The van der Waals surface area contributed by atoms with Crippen LogP contribution in [-0.4, -0.2) is 28.9 Å². The fraction of sp³-hybridized carbons (Fsp3) is 0.154. The van der Waals surface area contributed by atoms with Crippen LogP contribution in [0.15, 0.2) is 36.4 Å². The number of rotatable bonds is 3. The zero-order valence-corrected chi connectivity index (χ0v) is 11.1. The van der Waals surface area contributed by atoms with Gasteiger partial charge in [-0.05, 0) is 30.3 Å². The molecule has 0 radical (unpaired) electrons. The molecule has 2 rings (SSSR count). The number of benzene rings is 1. The Morgan fingerprint density at radius 1 is 1.45 bits per heavy atom. The molecule has 1 aromatic carbocycles. The zero-order valence-electron chi connectivity index (χ0n) is 10.3. The largest absolute Gasteiger partial charge is 0.324 e. The van der Waals surface area contributed by atoms with Crippen molar-refractivity contribution in [3.05, 3.63) is 42.0 Å². The standard InChI is InChI=1S/C13H11ClN4O2/c14-11-5-6-13(20)18(17-11)8-12(19)16-10-3-1-9(7-15)2-4-10/h1-6,11,17H,8H2,(H,16,19). The van der Waals surface area contributed by atoms with Crippen molar-refractivity contribution in [1.82, 2.24) is 10.4 Å². The second kappa shape index (κ2) is 6.19. The summed E-state index contributed by atoms with van der Waals surface area (Å²) in [7, 11) is 0. The van der Waals surface area contributed by atoms with E-state index in [2.05, 4.69) is 10.7 Å². The van der Waals surface area contributed by atoms with Gasteiger partial charge >= 0.3 is 0 Å². The van der Waals surface area contributed by atoms with E-state index in [0.717, 1.165) is 5.01 Å². The van der Waals surface area contributed by atoms with Crippen LogP contribution in [0.1, 0.15) is 5.56 Å². The van der Waals surface area contributed by atoms with E-state index in [4.69, 9.17) is 16.9 Å². The van der Waals surface area contributed by atoms with Crippen LogP contribution < -0.4 is 10.7 Å². The fourth-order valence-corrected chi connectivity index (χ4v) is 1.80. The van der Waals surface area contributed by atoms with Crippen LogP contribution in [0.2, 0.25) is 0 Å². The van der Waals surface area contributed by atoms with Gasteiger partial charge in [0.15, 0.2) is 0 Å². The topological polar surface area (TPSA) is 85.2 Å². The molecule has 1 heterocycles. The Morgan fingerprint density at radius 3 is 2.80 bits per heavy atom. The first-order valence-electron chi connectivity index (χ1n) is 5.78. The highest BCUT2D eigenvalue weighted by atomic mass is 35.5. The Morgan fingerprint density at radius 2 is 2.15 bits per heavy atom. The molecule has 0 saturated carbocycles. The number of nitrogens with one attached hydrogen (secondary N) is 2. The van der Waals surface area contributed by atoms with Crippen molar-refractivity contribution < 1.29 is 9.59 Å². The number of carbonyl (C=O) groups is 2. The predicted molar refractivity (Wildman–Crippen MR) is 73.4 cm³/mol. The van der Waals surface area contributed by atoms with E-state index in [1.807, 2.05) is 6.07 Å². The van der Waals surface area contributed by atoms with E-state index < -0.39 is 5.50 Å². The smallest absolute Gasteiger partial charge is 0.260 e. The lowest BCUT2D eigenvalue weighted by Crippen LogP contribution is -2.51. The van der Waals surface area contributed by atoms with E-state index in [1.54, 1.807) is 24.3 Å². The number of hydrazine groups is 1. The maximum atomic E-state index is 11.8. The van der Waals surface area contributed by atoms with Crippen LogP contribution in [0.4, 0.5) is 5.69 Å². The monoisotopic (exact) mass is 290 g/mol. The number of halogens is 1. The summed E-state index contributed by atoms with van der Waals surface area (Å²) in [6.07, 6.45) is 2.81. The summed E-state index contributed by atoms with van der Waals surface area (Å²) in [4.78, 5) is 23.3. The molecule has 0 aliphatic carbocycles. The van der Waals surface area contributed by atoms with E-state index in [0.29, 0.717) is 11.3 Å². The van der Waals surface area contributed by atoms with Gasteiger partial charge in [-0.3, -0.25) is 14.6 Å². The number of nitrogens with zero attached hydrogens (tertiary/aromatic N) is 2. The molecule has 1 unspecified atom stereocenters. The van der Waals surface area contributed by atoms with Crippen molar-refractivity contribution in [2.45, 2.75) is 5.50 Å². The minimum Gasteiger partial charge on any atom is -0.324 e. The molecule has 6 nitrogen and oxygen atoms in total. The molecule has 2 N–H and O–H groups in total. The van der Waals surface area contributed by atoms with Gasteiger partial charge in [0.05, 0.1) is 11.6 Å². The third-order valence-electron chi connectivity index (χ3n) is 2.55. The number of alkyl halides is 1. The molecular formula is C13H11ClN4O2. The second-order valence-electron chi connectivity index (χ2n) is 4.05. The predicted octanol–water partition coefficient (Wildman–Crippen LogP) is 0.965. The molecule has 0 spiro atoms. The van der Waals surface area contributed by atoms with E-state index in [1.165, 1.54) is 12.2 Å². The molecule has 1 aliphatic rings. The maximum absolute atomic E-state index is 11.8. The van der Waals surface area contributed by atoms with Gasteiger partial charge in [0, 0.05) is 11.8 Å². The number of hydrogen-bond acceptors (Lipinski definition) is 4. The van der Waals surface area contributed by atoms with Crippen LogP contribution >= 0.6 is 11.6 Å². The summed E-state index contributed by atoms with van der Waals surface area (Å²) in [5.74, 6) is -0.702. The third-order valence-corrected chi connectivity index (χ3v) is 2.80. The van der Waals surface area contributed by atoms with Gasteiger partial charge in [-0.25, -0.2) is 5.43 Å². The summed E-state index contributed by atoms with van der Waals surface area (Å²) >= 11 is 5.80. The molecule has 1 atom stereocenters. The average Bonchev–Trinajstić information content (AvgIpc) is 2.43. The minimum absolute atomic E-state index is 0.160. The number of nitriles is 1. The number of hydrogen-bond donors (Lipinski definition) is 2. The van der Waals surface area contributed by atoms with Gasteiger partial charge in [-0.2, -0.15) is 5.26 Å². The molecule has 0 saturated heterocycles. The van der Waals surface area contributed by atoms with Gasteiger partial charge in [0.1, 0.15) is 12.0 Å². The van der Waals surface area contributed by atoms with Crippen LogP contribution in [0.3, 0.4) is 0 Å².